The molecular formula is C28H37NSi. The molecule has 2 aromatic carbocycles. The zero-order valence-corrected chi connectivity index (χ0v) is 20.2. The third-order valence-corrected chi connectivity index (χ3v) is 13.0. The largest absolute Gasteiger partial charge is 0.301 e. The smallest absolute Gasteiger partial charge is 0.109 e. The summed E-state index contributed by atoms with van der Waals surface area (Å²) in [5.41, 5.74) is 0.222. The average Bonchev–Trinajstić information content (AvgIpc) is 3.23. The van der Waals surface area contributed by atoms with E-state index in [1.54, 1.807) is 10.4 Å². The van der Waals surface area contributed by atoms with Crippen LogP contribution in [-0.2, 0) is 0 Å². The SMILES string of the molecule is CC1(NC2C=CC=C2)CCCCC(C)([SiH](c2ccccc2)c2ccccc2)C1(C)C. The molecule has 0 saturated heterocycles. The zero-order chi connectivity index (χ0) is 21.2. The minimum atomic E-state index is -1.51. The normalized spacial score (nSPS) is 28.7. The van der Waals surface area contributed by atoms with E-state index in [1.807, 2.05) is 0 Å². The van der Waals surface area contributed by atoms with Crippen LogP contribution in [0, 0.1) is 5.41 Å². The Morgan fingerprint density at radius 2 is 1.23 bits per heavy atom. The van der Waals surface area contributed by atoms with Crippen LogP contribution in [0.4, 0.5) is 0 Å². The molecule has 2 heteroatoms. The van der Waals surface area contributed by atoms with Crippen molar-refractivity contribution in [3.05, 3.63) is 85.0 Å². The first-order valence-electron chi connectivity index (χ1n) is 11.6. The second-order valence-corrected chi connectivity index (χ2v) is 13.7. The predicted octanol–water partition coefficient (Wildman–Crippen LogP) is 5.23. The van der Waals surface area contributed by atoms with E-state index >= 15 is 0 Å². The Morgan fingerprint density at radius 1 is 0.733 bits per heavy atom. The van der Waals surface area contributed by atoms with Gasteiger partial charge in [-0.25, -0.2) is 0 Å². The number of benzene rings is 2. The average molecular weight is 416 g/mol. The van der Waals surface area contributed by atoms with E-state index in [2.05, 4.69) is 118 Å². The van der Waals surface area contributed by atoms with Crippen LogP contribution in [0.2, 0.25) is 5.04 Å². The summed E-state index contributed by atoms with van der Waals surface area (Å²) in [7, 11) is -1.51. The Labute approximate surface area is 184 Å². The molecule has 0 spiro atoms. The van der Waals surface area contributed by atoms with Crippen molar-refractivity contribution in [1.82, 2.24) is 5.32 Å². The van der Waals surface area contributed by atoms with Crippen molar-refractivity contribution in [2.45, 2.75) is 70.0 Å². The fourth-order valence-electron chi connectivity index (χ4n) is 6.10. The monoisotopic (exact) mass is 415 g/mol. The summed E-state index contributed by atoms with van der Waals surface area (Å²) < 4.78 is 0. The maximum absolute atomic E-state index is 4.09. The summed E-state index contributed by atoms with van der Waals surface area (Å²) in [5.74, 6) is 0. The third-order valence-electron chi connectivity index (χ3n) is 8.57. The summed E-state index contributed by atoms with van der Waals surface area (Å²) in [6, 6.07) is 23.2. The van der Waals surface area contributed by atoms with Crippen molar-refractivity contribution in [1.29, 1.82) is 0 Å². The van der Waals surface area contributed by atoms with Gasteiger partial charge in [-0.1, -0.05) is 129 Å². The van der Waals surface area contributed by atoms with Crippen molar-refractivity contribution in [2.24, 2.45) is 5.41 Å². The fourth-order valence-corrected chi connectivity index (χ4v) is 10.7. The van der Waals surface area contributed by atoms with E-state index in [9.17, 15) is 0 Å². The highest BCUT2D eigenvalue weighted by molar-refractivity contribution is 6.87. The molecule has 1 nitrogen and oxygen atoms in total. The van der Waals surface area contributed by atoms with Crippen LogP contribution in [0.15, 0.2) is 85.0 Å². The van der Waals surface area contributed by atoms with Crippen LogP contribution in [-0.4, -0.2) is 20.4 Å². The standard InChI is InChI=1S/C28H37NSi/c1-26(2)27(3,29-23-15-11-12-16-23)21-13-14-22-28(26,4)30(24-17-7-5-8-18-24)25-19-9-6-10-20-25/h5-12,15-20,23,29-30H,13-14,21-22H2,1-4H3. The Balaban J connectivity index is 1.83. The molecule has 0 heterocycles. The van der Waals surface area contributed by atoms with Gasteiger partial charge in [0.05, 0.1) is 0 Å². The van der Waals surface area contributed by atoms with Gasteiger partial charge in [-0.15, -0.1) is 0 Å². The first-order chi connectivity index (χ1) is 14.4. The minimum Gasteiger partial charge on any atom is -0.301 e. The lowest BCUT2D eigenvalue weighted by molar-refractivity contribution is 0.0816. The molecule has 1 fully saturated rings. The molecule has 1 N–H and O–H groups in total. The number of allylic oxidation sites excluding steroid dienone is 2. The summed E-state index contributed by atoms with van der Waals surface area (Å²) in [6.45, 7) is 10.2. The highest BCUT2D eigenvalue weighted by Gasteiger charge is 2.57. The topological polar surface area (TPSA) is 12.0 Å². The lowest BCUT2D eigenvalue weighted by Crippen LogP contribution is -2.65. The zero-order valence-electron chi connectivity index (χ0n) is 19.1. The predicted molar refractivity (Wildman–Crippen MR) is 134 cm³/mol. The van der Waals surface area contributed by atoms with E-state index in [1.165, 1.54) is 25.7 Å². The van der Waals surface area contributed by atoms with Crippen LogP contribution in [0.5, 0.6) is 0 Å². The van der Waals surface area contributed by atoms with Gasteiger partial charge in [0.25, 0.3) is 0 Å². The minimum absolute atomic E-state index is 0.0801. The molecule has 158 valence electrons. The van der Waals surface area contributed by atoms with E-state index in [-0.39, 0.29) is 16.0 Å². The van der Waals surface area contributed by atoms with Gasteiger partial charge in [-0.2, -0.15) is 0 Å². The summed E-state index contributed by atoms with van der Waals surface area (Å²) >= 11 is 0. The van der Waals surface area contributed by atoms with Gasteiger partial charge < -0.3 is 5.32 Å². The highest BCUT2D eigenvalue weighted by atomic mass is 28.3. The Hall–Kier alpha value is -1.90. The summed E-state index contributed by atoms with van der Waals surface area (Å²) in [4.78, 5) is 0. The molecule has 2 atom stereocenters. The van der Waals surface area contributed by atoms with Crippen molar-refractivity contribution in [2.75, 3.05) is 0 Å². The van der Waals surface area contributed by atoms with Gasteiger partial charge in [-0.3, -0.25) is 0 Å². The molecule has 1 saturated carbocycles. The molecule has 2 aliphatic rings. The van der Waals surface area contributed by atoms with Gasteiger partial charge in [0.15, 0.2) is 0 Å². The van der Waals surface area contributed by atoms with Crippen LogP contribution in [0.3, 0.4) is 0 Å². The van der Waals surface area contributed by atoms with Crippen molar-refractivity contribution >= 4 is 19.2 Å². The first-order valence-corrected chi connectivity index (χ1v) is 13.3. The first kappa shape index (κ1) is 21.3. The quantitative estimate of drug-likeness (QED) is 0.521. The Morgan fingerprint density at radius 3 is 1.77 bits per heavy atom. The van der Waals surface area contributed by atoms with Gasteiger partial charge in [0, 0.05) is 11.6 Å². The summed E-state index contributed by atoms with van der Waals surface area (Å²) in [6.07, 6.45) is 14.1. The van der Waals surface area contributed by atoms with Crippen LogP contribution >= 0.6 is 0 Å². The molecule has 0 amide bonds. The van der Waals surface area contributed by atoms with Crippen LogP contribution in [0.1, 0.15) is 53.4 Å². The second-order valence-electron chi connectivity index (χ2n) is 10.3. The van der Waals surface area contributed by atoms with Crippen molar-refractivity contribution in [3.8, 4) is 0 Å². The Bertz CT molecular complexity index is 849. The van der Waals surface area contributed by atoms with Crippen LogP contribution in [0.25, 0.3) is 0 Å². The Kier molecular flexibility index (Phi) is 5.92. The molecule has 30 heavy (non-hydrogen) atoms. The molecule has 2 unspecified atom stereocenters. The highest BCUT2D eigenvalue weighted by Crippen LogP contribution is 2.60. The van der Waals surface area contributed by atoms with E-state index in [4.69, 9.17) is 0 Å². The molecule has 0 bridgehead atoms. The maximum atomic E-state index is 4.09. The lowest BCUT2D eigenvalue weighted by atomic mass is 9.64. The van der Waals surface area contributed by atoms with Gasteiger partial charge in [0.2, 0.25) is 0 Å². The van der Waals surface area contributed by atoms with Gasteiger partial charge in [0.1, 0.15) is 8.80 Å². The number of hydrogen-bond donors (Lipinski definition) is 1. The van der Waals surface area contributed by atoms with E-state index in [0.717, 1.165) is 0 Å². The van der Waals surface area contributed by atoms with Gasteiger partial charge >= 0.3 is 0 Å². The third kappa shape index (κ3) is 3.65. The molecular weight excluding hydrogens is 378 g/mol. The lowest BCUT2D eigenvalue weighted by Gasteiger charge is -2.57. The molecule has 2 aromatic rings. The van der Waals surface area contributed by atoms with Crippen molar-refractivity contribution in [3.63, 3.8) is 0 Å². The van der Waals surface area contributed by atoms with Crippen molar-refractivity contribution < 1.29 is 0 Å². The van der Waals surface area contributed by atoms with E-state index < -0.39 is 8.80 Å². The maximum Gasteiger partial charge on any atom is 0.109 e. The molecule has 4 rings (SSSR count). The second kappa shape index (κ2) is 8.32. The molecule has 0 aromatic heterocycles. The molecule has 2 aliphatic carbocycles. The summed E-state index contributed by atoms with van der Waals surface area (Å²) in [5, 5.41) is 7.48. The fraction of sp³-hybridized carbons (Fsp3) is 0.429. The number of rotatable bonds is 5. The molecule has 0 aliphatic heterocycles. The van der Waals surface area contributed by atoms with E-state index in [0.29, 0.717) is 6.04 Å². The number of hydrogen-bond acceptors (Lipinski definition) is 1. The van der Waals surface area contributed by atoms with Gasteiger partial charge in [-0.05, 0) is 30.2 Å². The van der Waals surface area contributed by atoms with Crippen LogP contribution < -0.4 is 15.7 Å². The molecule has 0 radical (unpaired) electrons. The number of nitrogens with one attached hydrogen (secondary N) is 1.